The van der Waals surface area contributed by atoms with Crippen LogP contribution in [0.5, 0.6) is 0 Å². The summed E-state index contributed by atoms with van der Waals surface area (Å²) in [5.74, 6) is -0.221. The standard InChI is InChI=1S/C19H18Cl3N3O2/c20-14-6-5-13(11-16(14)22)19(27)25-9-7-24(8-10-25)12-18(26)23-17-4-2-1-3-15(17)21/h1-6,11H,7-10,12H2,(H,23,26). The van der Waals surface area contributed by atoms with Crippen molar-refractivity contribution in [3.8, 4) is 0 Å². The van der Waals surface area contributed by atoms with Crippen molar-refractivity contribution >= 4 is 52.3 Å². The Kier molecular flexibility index (Phi) is 6.60. The molecule has 2 aromatic carbocycles. The highest BCUT2D eigenvalue weighted by Crippen LogP contribution is 2.24. The molecule has 1 heterocycles. The Labute approximate surface area is 172 Å². The summed E-state index contributed by atoms with van der Waals surface area (Å²) in [6.07, 6.45) is 0. The Balaban J connectivity index is 1.51. The first-order valence-electron chi connectivity index (χ1n) is 8.45. The van der Waals surface area contributed by atoms with Crippen LogP contribution in [0.15, 0.2) is 42.5 Å². The van der Waals surface area contributed by atoms with Crippen molar-refractivity contribution in [1.29, 1.82) is 0 Å². The smallest absolute Gasteiger partial charge is 0.253 e. The quantitative estimate of drug-likeness (QED) is 0.802. The zero-order valence-electron chi connectivity index (χ0n) is 14.4. The lowest BCUT2D eigenvalue weighted by molar-refractivity contribution is -0.117. The second-order valence-corrected chi connectivity index (χ2v) is 7.45. The summed E-state index contributed by atoms with van der Waals surface area (Å²) in [4.78, 5) is 28.6. The van der Waals surface area contributed by atoms with Gasteiger partial charge in [-0.15, -0.1) is 0 Å². The van der Waals surface area contributed by atoms with Crippen LogP contribution in [0.2, 0.25) is 15.1 Å². The highest BCUT2D eigenvalue weighted by atomic mass is 35.5. The minimum absolute atomic E-state index is 0.0891. The largest absolute Gasteiger partial charge is 0.336 e. The van der Waals surface area contributed by atoms with E-state index in [-0.39, 0.29) is 18.4 Å². The van der Waals surface area contributed by atoms with Crippen molar-refractivity contribution < 1.29 is 9.59 Å². The van der Waals surface area contributed by atoms with Crippen LogP contribution in [0, 0.1) is 0 Å². The van der Waals surface area contributed by atoms with E-state index in [1.54, 1.807) is 35.2 Å². The molecule has 27 heavy (non-hydrogen) atoms. The molecule has 142 valence electrons. The molecule has 1 saturated heterocycles. The fourth-order valence-corrected chi connectivity index (χ4v) is 3.36. The molecular formula is C19H18Cl3N3O2. The fourth-order valence-electron chi connectivity index (χ4n) is 2.88. The third-order valence-corrected chi connectivity index (χ3v) is 5.41. The van der Waals surface area contributed by atoms with Gasteiger partial charge < -0.3 is 10.2 Å². The number of piperazine rings is 1. The molecule has 1 aliphatic rings. The van der Waals surface area contributed by atoms with Gasteiger partial charge in [0, 0.05) is 31.7 Å². The zero-order chi connectivity index (χ0) is 19.4. The topological polar surface area (TPSA) is 52.7 Å². The molecule has 1 N–H and O–H groups in total. The molecule has 3 rings (SSSR count). The van der Waals surface area contributed by atoms with Crippen LogP contribution < -0.4 is 5.32 Å². The van der Waals surface area contributed by atoms with E-state index >= 15 is 0 Å². The molecule has 2 aromatic rings. The van der Waals surface area contributed by atoms with E-state index in [0.717, 1.165) is 0 Å². The molecule has 0 radical (unpaired) electrons. The van der Waals surface area contributed by atoms with E-state index < -0.39 is 0 Å². The molecule has 0 aliphatic carbocycles. The van der Waals surface area contributed by atoms with Crippen molar-refractivity contribution in [2.75, 3.05) is 38.0 Å². The number of nitrogens with one attached hydrogen (secondary N) is 1. The lowest BCUT2D eigenvalue weighted by Crippen LogP contribution is -2.50. The van der Waals surface area contributed by atoms with E-state index in [1.807, 2.05) is 17.0 Å². The number of nitrogens with zero attached hydrogens (tertiary/aromatic N) is 2. The number of rotatable bonds is 4. The third-order valence-electron chi connectivity index (χ3n) is 4.34. The van der Waals surface area contributed by atoms with Gasteiger partial charge in [0.1, 0.15) is 0 Å². The highest BCUT2D eigenvalue weighted by molar-refractivity contribution is 6.42. The van der Waals surface area contributed by atoms with Crippen LogP contribution in [0.25, 0.3) is 0 Å². The molecule has 1 fully saturated rings. The Morgan fingerprint density at radius 3 is 2.26 bits per heavy atom. The summed E-state index contributed by atoms with van der Waals surface area (Å²) in [5, 5.41) is 4.09. The van der Waals surface area contributed by atoms with Gasteiger partial charge in [-0.2, -0.15) is 0 Å². The molecule has 0 spiro atoms. The molecule has 8 heteroatoms. The van der Waals surface area contributed by atoms with Crippen LogP contribution in [-0.4, -0.2) is 54.3 Å². The van der Waals surface area contributed by atoms with Gasteiger partial charge >= 0.3 is 0 Å². The summed E-state index contributed by atoms with van der Waals surface area (Å²) in [7, 11) is 0. The molecule has 2 amide bonds. The predicted molar refractivity (Wildman–Crippen MR) is 109 cm³/mol. The monoisotopic (exact) mass is 425 g/mol. The third kappa shape index (κ3) is 5.14. The van der Waals surface area contributed by atoms with Crippen LogP contribution in [-0.2, 0) is 4.79 Å². The van der Waals surface area contributed by atoms with Gasteiger partial charge in [0.15, 0.2) is 0 Å². The minimum atomic E-state index is -0.132. The number of hydrogen-bond acceptors (Lipinski definition) is 3. The maximum Gasteiger partial charge on any atom is 0.253 e. The summed E-state index contributed by atoms with van der Waals surface area (Å²) >= 11 is 17.9. The zero-order valence-corrected chi connectivity index (χ0v) is 16.7. The maximum atomic E-state index is 12.6. The van der Waals surface area contributed by atoms with Gasteiger partial charge in [-0.1, -0.05) is 46.9 Å². The van der Waals surface area contributed by atoms with E-state index in [0.29, 0.717) is 52.5 Å². The van der Waals surface area contributed by atoms with Crippen molar-refractivity contribution in [2.45, 2.75) is 0 Å². The maximum absolute atomic E-state index is 12.6. The number of carbonyl (C=O) groups excluding carboxylic acids is 2. The molecular weight excluding hydrogens is 409 g/mol. The lowest BCUT2D eigenvalue weighted by atomic mass is 10.2. The van der Waals surface area contributed by atoms with Gasteiger partial charge in [-0.3, -0.25) is 14.5 Å². The molecule has 0 bridgehead atoms. The van der Waals surface area contributed by atoms with Crippen molar-refractivity contribution in [2.24, 2.45) is 0 Å². The molecule has 0 atom stereocenters. The number of hydrogen-bond donors (Lipinski definition) is 1. The number of para-hydroxylation sites is 1. The minimum Gasteiger partial charge on any atom is -0.336 e. The van der Waals surface area contributed by atoms with Crippen molar-refractivity contribution in [3.63, 3.8) is 0 Å². The number of benzene rings is 2. The second-order valence-electron chi connectivity index (χ2n) is 6.23. The van der Waals surface area contributed by atoms with Gasteiger partial charge in [-0.05, 0) is 30.3 Å². The molecule has 5 nitrogen and oxygen atoms in total. The molecule has 0 aromatic heterocycles. The Bertz CT molecular complexity index is 852. The summed E-state index contributed by atoms with van der Waals surface area (Å²) < 4.78 is 0. The Morgan fingerprint density at radius 2 is 1.59 bits per heavy atom. The van der Waals surface area contributed by atoms with Gasteiger partial charge in [0.2, 0.25) is 5.91 Å². The van der Waals surface area contributed by atoms with E-state index in [2.05, 4.69) is 5.32 Å². The highest BCUT2D eigenvalue weighted by Gasteiger charge is 2.23. The van der Waals surface area contributed by atoms with Crippen molar-refractivity contribution in [1.82, 2.24) is 9.80 Å². The van der Waals surface area contributed by atoms with Crippen LogP contribution in [0.1, 0.15) is 10.4 Å². The van der Waals surface area contributed by atoms with E-state index in [1.165, 1.54) is 0 Å². The summed E-state index contributed by atoms with van der Waals surface area (Å²) in [5.41, 5.74) is 1.10. The first-order chi connectivity index (χ1) is 12.9. The summed E-state index contributed by atoms with van der Waals surface area (Å²) in [6.45, 7) is 2.56. The van der Waals surface area contributed by atoms with Crippen LogP contribution >= 0.6 is 34.8 Å². The number of halogens is 3. The van der Waals surface area contributed by atoms with Gasteiger partial charge in [0.25, 0.3) is 5.91 Å². The molecule has 0 unspecified atom stereocenters. The van der Waals surface area contributed by atoms with Gasteiger partial charge in [0.05, 0.1) is 27.3 Å². The second kappa shape index (κ2) is 8.93. The van der Waals surface area contributed by atoms with Crippen molar-refractivity contribution in [3.05, 3.63) is 63.1 Å². The van der Waals surface area contributed by atoms with E-state index in [4.69, 9.17) is 34.8 Å². The SMILES string of the molecule is O=C(CN1CCN(C(=O)c2ccc(Cl)c(Cl)c2)CC1)Nc1ccccc1Cl. The van der Waals surface area contributed by atoms with Crippen LogP contribution in [0.3, 0.4) is 0 Å². The molecule has 1 aliphatic heterocycles. The van der Waals surface area contributed by atoms with Crippen LogP contribution in [0.4, 0.5) is 5.69 Å². The average Bonchev–Trinajstić information content (AvgIpc) is 2.66. The number of carbonyl (C=O) groups is 2. The van der Waals surface area contributed by atoms with E-state index in [9.17, 15) is 9.59 Å². The first kappa shape index (κ1) is 20.0. The lowest BCUT2D eigenvalue weighted by Gasteiger charge is -2.34. The average molecular weight is 427 g/mol. The fraction of sp³-hybridized carbons (Fsp3) is 0.263. The Hall–Kier alpha value is -1.79. The summed E-state index contributed by atoms with van der Waals surface area (Å²) in [6, 6.07) is 12.0. The number of anilines is 1. The Morgan fingerprint density at radius 1 is 0.889 bits per heavy atom. The number of amides is 2. The first-order valence-corrected chi connectivity index (χ1v) is 9.58. The van der Waals surface area contributed by atoms with Gasteiger partial charge in [-0.25, -0.2) is 0 Å². The normalized spacial score (nSPS) is 14.9. The molecule has 0 saturated carbocycles. The predicted octanol–water partition coefficient (Wildman–Crippen LogP) is 4.04.